The number of rotatable bonds is 4. The van der Waals surface area contributed by atoms with Crippen LogP contribution in [0.3, 0.4) is 0 Å². The molecule has 0 atom stereocenters. The van der Waals surface area contributed by atoms with Crippen molar-refractivity contribution in [3.05, 3.63) is 95.3 Å². The summed E-state index contributed by atoms with van der Waals surface area (Å²) >= 11 is 2.20. The molecule has 2 saturated carbocycles. The largest absolute Gasteiger partial charge is 0.512 e. The lowest BCUT2D eigenvalue weighted by Gasteiger charge is -2.32. The normalized spacial score (nSPS) is 18.4. The van der Waals surface area contributed by atoms with E-state index < -0.39 is 7.12 Å². The molecular weight excluding hydrogens is 974 g/mol. The van der Waals surface area contributed by atoms with Gasteiger partial charge in [-0.05, 0) is 148 Å². The second-order valence-corrected chi connectivity index (χ2v) is 22.5. The van der Waals surface area contributed by atoms with Gasteiger partial charge in [0, 0.05) is 45.6 Å². The molecule has 2 spiro atoms. The molecule has 7 heterocycles. The maximum absolute atomic E-state index is 12.9. The SMILES string of the molecule is CC.CC1(C)OB(c2cc3c([nH]2)C2(CC2)NC3=O)OC1(C)C.Cn1c(NC(C)(C)C)nc2c(-c3cc4c([nH]3)C3(CC3)NC4=O)cccc2c1=O.Cn1c(NC(C)(C)C)nc2c(I)cccc2c1=O. The van der Waals surface area contributed by atoms with Gasteiger partial charge in [-0.15, -0.1) is 0 Å². The Morgan fingerprint density at radius 2 is 1.09 bits per heavy atom. The van der Waals surface area contributed by atoms with Crippen LogP contribution < -0.4 is 38.0 Å². The number of hydrogen-bond donors (Lipinski definition) is 6. The topological polar surface area (TPSA) is 202 Å². The third-order valence-electron chi connectivity index (χ3n) is 13.2. The van der Waals surface area contributed by atoms with Crippen LogP contribution in [0.5, 0.6) is 0 Å². The summed E-state index contributed by atoms with van der Waals surface area (Å²) in [6, 6.07) is 15.0. The van der Waals surface area contributed by atoms with Crippen LogP contribution in [0.15, 0.2) is 58.1 Å². The highest BCUT2D eigenvalue weighted by molar-refractivity contribution is 14.1. The molecule has 0 bridgehead atoms. The van der Waals surface area contributed by atoms with E-state index in [-0.39, 0.29) is 56.3 Å². The Labute approximate surface area is 410 Å². The maximum atomic E-state index is 12.9. The lowest BCUT2D eigenvalue weighted by Crippen LogP contribution is -2.41. The minimum Gasteiger partial charge on any atom is -0.398 e. The van der Waals surface area contributed by atoms with Crippen LogP contribution in [0, 0.1) is 3.57 Å². The fourth-order valence-electron chi connectivity index (χ4n) is 8.64. The van der Waals surface area contributed by atoms with Crippen LogP contribution in [0.1, 0.15) is 141 Å². The summed E-state index contributed by atoms with van der Waals surface area (Å²) in [6.07, 6.45) is 3.93. The minimum absolute atomic E-state index is 0.0107. The number of halogens is 1. The number of benzene rings is 2. The van der Waals surface area contributed by atoms with Crippen LogP contribution in [-0.4, -0.2) is 70.3 Å². The van der Waals surface area contributed by atoms with E-state index in [4.69, 9.17) is 14.3 Å². The maximum Gasteiger partial charge on any atom is 0.512 e. The first-order chi connectivity index (χ1) is 31.7. The number of carbonyl (C=O) groups is 2. The lowest BCUT2D eigenvalue weighted by atomic mass is 9.85. The molecule has 68 heavy (non-hydrogen) atoms. The molecule has 360 valence electrons. The van der Waals surface area contributed by atoms with E-state index in [0.717, 1.165) is 68.6 Å². The number of amides is 2. The summed E-state index contributed by atoms with van der Waals surface area (Å²) in [7, 11) is 3.02. The molecule has 0 unspecified atom stereocenters. The summed E-state index contributed by atoms with van der Waals surface area (Å²) in [6.45, 7) is 24.3. The smallest absolute Gasteiger partial charge is 0.398 e. The van der Waals surface area contributed by atoms with Gasteiger partial charge in [-0.25, -0.2) is 9.97 Å². The average molecular weight is 1040 g/mol. The molecule has 3 fully saturated rings. The number of fused-ring (bicyclic) bond motifs is 6. The summed E-state index contributed by atoms with van der Waals surface area (Å²) in [5.41, 5.74) is 5.71. The highest BCUT2D eigenvalue weighted by Gasteiger charge is 2.57. The second-order valence-electron chi connectivity index (χ2n) is 21.3. The summed E-state index contributed by atoms with van der Waals surface area (Å²) in [4.78, 5) is 65.7. The number of aromatic nitrogens is 6. The highest BCUT2D eigenvalue weighted by Crippen LogP contribution is 2.51. The van der Waals surface area contributed by atoms with Gasteiger partial charge in [-0.3, -0.25) is 28.3 Å². The van der Waals surface area contributed by atoms with Crippen molar-refractivity contribution in [1.29, 1.82) is 0 Å². The molecule has 0 radical (unpaired) electrons. The van der Waals surface area contributed by atoms with Gasteiger partial charge in [0.05, 0.1) is 66.6 Å². The third-order valence-corrected chi connectivity index (χ3v) is 14.1. The van der Waals surface area contributed by atoms with E-state index in [2.05, 4.69) is 58.8 Å². The Bertz CT molecular complexity index is 3110. The number of nitrogens with zero attached hydrogens (tertiary/aromatic N) is 4. The fourth-order valence-corrected chi connectivity index (χ4v) is 9.26. The van der Waals surface area contributed by atoms with Gasteiger partial charge in [-0.2, -0.15) is 0 Å². The number of para-hydroxylation sites is 2. The van der Waals surface area contributed by atoms with E-state index in [1.165, 1.54) is 0 Å². The van der Waals surface area contributed by atoms with Crippen molar-refractivity contribution in [2.75, 3.05) is 10.6 Å². The summed E-state index contributed by atoms with van der Waals surface area (Å²) in [5.74, 6) is 1.10. The highest BCUT2D eigenvalue weighted by atomic mass is 127. The number of H-pyrrole nitrogens is 2. The van der Waals surface area contributed by atoms with E-state index in [9.17, 15) is 19.2 Å². The van der Waals surface area contributed by atoms with Gasteiger partial charge in [0.1, 0.15) is 0 Å². The zero-order chi connectivity index (χ0) is 49.7. The molecule has 5 aliphatic rings. The van der Waals surface area contributed by atoms with Crippen molar-refractivity contribution in [3.63, 3.8) is 0 Å². The average Bonchev–Trinajstić information content (AvgIpc) is 3.98. The van der Waals surface area contributed by atoms with Gasteiger partial charge in [0.15, 0.2) is 0 Å². The van der Waals surface area contributed by atoms with Crippen molar-refractivity contribution >= 4 is 80.8 Å². The first-order valence-electron chi connectivity index (χ1n) is 23.4. The molecule has 6 aromatic rings. The number of anilines is 2. The van der Waals surface area contributed by atoms with Gasteiger partial charge in [-0.1, -0.05) is 32.0 Å². The molecule has 18 heteroatoms. The Morgan fingerprint density at radius 3 is 1.57 bits per heavy atom. The first-order valence-corrected chi connectivity index (χ1v) is 24.5. The summed E-state index contributed by atoms with van der Waals surface area (Å²) in [5, 5.41) is 13.9. The van der Waals surface area contributed by atoms with Gasteiger partial charge in [0.2, 0.25) is 11.9 Å². The van der Waals surface area contributed by atoms with Crippen molar-refractivity contribution in [3.8, 4) is 11.3 Å². The van der Waals surface area contributed by atoms with E-state index >= 15 is 0 Å². The predicted octanol–water partition coefficient (Wildman–Crippen LogP) is 7.69. The van der Waals surface area contributed by atoms with Crippen LogP contribution in [0.2, 0.25) is 0 Å². The second kappa shape index (κ2) is 16.9. The van der Waals surface area contributed by atoms with Gasteiger partial charge in [0.25, 0.3) is 22.9 Å². The lowest BCUT2D eigenvalue weighted by molar-refractivity contribution is 0.00578. The molecule has 1 saturated heterocycles. The minimum atomic E-state index is -0.436. The summed E-state index contributed by atoms with van der Waals surface area (Å²) < 4.78 is 16.1. The van der Waals surface area contributed by atoms with Crippen molar-refractivity contribution in [2.45, 2.75) is 142 Å². The molecule has 3 aliphatic heterocycles. The Balaban J connectivity index is 0.000000140. The number of nitrogens with one attached hydrogen (secondary N) is 6. The van der Waals surface area contributed by atoms with Gasteiger partial charge >= 0.3 is 7.12 Å². The number of aromatic amines is 2. The van der Waals surface area contributed by atoms with E-state index in [1.807, 2.05) is 126 Å². The van der Waals surface area contributed by atoms with Crippen molar-refractivity contribution in [2.24, 2.45) is 14.1 Å². The molecule has 16 nitrogen and oxygen atoms in total. The number of carbonyl (C=O) groups excluding carboxylic acids is 2. The quantitative estimate of drug-likeness (QED) is 0.0751. The van der Waals surface area contributed by atoms with Crippen LogP contribution in [0.25, 0.3) is 33.1 Å². The zero-order valence-electron chi connectivity index (χ0n) is 41.6. The molecule has 4 aromatic heterocycles. The van der Waals surface area contributed by atoms with Crippen LogP contribution in [-0.2, 0) is 34.5 Å². The van der Waals surface area contributed by atoms with E-state index in [0.29, 0.717) is 33.7 Å². The van der Waals surface area contributed by atoms with Gasteiger partial charge < -0.3 is 40.5 Å². The third kappa shape index (κ3) is 8.87. The number of hydrogen-bond acceptors (Lipinski definition) is 10. The van der Waals surface area contributed by atoms with Crippen LogP contribution >= 0.6 is 22.6 Å². The van der Waals surface area contributed by atoms with Crippen molar-refractivity contribution in [1.82, 2.24) is 39.7 Å². The monoisotopic (exact) mass is 1040 g/mol. The zero-order valence-corrected chi connectivity index (χ0v) is 43.8. The first kappa shape index (κ1) is 49.0. The molecule has 11 rings (SSSR count). The predicted molar refractivity (Wildman–Crippen MR) is 278 cm³/mol. The van der Waals surface area contributed by atoms with E-state index in [1.54, 1.807) is 29.3 Å². The van der Waals surface area contributed by atoms with Crippen LogP contribution in [0.4, 0.5) is 11.9 Å². The van der Waals surface area contributed by atoms with Crippen molar-refractivity contribution < 1.29 is 18.9 Å². The standard InChI is InChI=1S/C21H23N5O2.C14H19BN2O3.C13H16IN3O.C2H6/c1-20(2,3)25-19-23-15-11(6-5-7-12(15)18(28)26(19)4)14-10-13-16(22-14)21(8-9-21)24-17(13)27;1-12(2)13(3,4)20-15(19-12)9-7-8-10(16-9)14(5-6-14)17-11(8)18;1-13(2,3)16-12-15-10-8(11(18)17(12)4)6-5-7-9(10)14;1-2/h5-7,10,22H,8-9H2,1-4H3,(H,23,25)(H,24,27);7,16H,5-6H2,1-4H3,(H,17,18);5-7H,1-4H3,(H,15,16);1-2H3. The molecular formula is C50H64BIN10O6. The molecule has 2 aliphatic carbocycles. The Morgan fingerprint density at radius 1 is 0.647 bits per heavy atom. The Hall–Kier alpha value is -5.47. The molecule has 2 amide bonds. The molecule has 6 N–H and O–H groups in total. The fraction of sp³-hybridized carbons (Fsp3) is 0.480. The molecule has 2 aromatic carbocycles. The Kier molecular flexibility index (Phi) is 12.2.